The summed E-state index contributed by atoms with van der Waals surface area (Å²) < 4.78 is 5.71. The molecule has 106 valence electrons. The zero-order valence-electron chi connectivity index (χ0n) is 12.1. The van der Waals surface area contributed by atoms with Gasteiger partial charge in [0.2, 0.25) is 5.91 Å². The van der Waals surface area contributed by atoms with Gasteiger partial charge in [0.15, 0.2) is 0 Å². The van der Waals surface area contributed by atoms with E-state index in [1.165, 1.54) is 0 Å². The summed E-state index contributed by atoms with van der Waals surface area (Å²) in [5, 5.41) is 3.29. The highest BCUT2D eigenvalue weighted by Crippen LogP contribution is 2.09. The van der Waals surface area contributed by atoms with Crippen molar-refractivity contribution in [3.8, 4) is 0 Å². The Morgan fingerprint density at radius 1 is 1.39 bits per heavy atom. The summed E-state index contributed by atoms with van der Waals surface area (Å²) in [5.41, 5.74) is 0. The van der Waals surface area contributed by atoms with Gasteiger partial charge in [-0.05, 0) is 38.8 Å². The molecule has 0 aromatic heterocycles. The minimum Gasteiger partial charge on any atom is -0.368 e. The molecule has 1 aliphatic rings. The lowest BCUT2D eigenvalue weighted by Gasteiger charge is -2.27. The fourth-order valence-electron chi connectivity index (χ4n) is 2.16. The summed E-state index contributed by atoms with van der Waals surface area (Å²) in [5.74, 6) is 0.698. The Kier molecular flexibility index (Phi) is 7.28. The molecule has 4 heteroatoms. The summed E-state index contributed by atoms with van der Waals surface area (Å²) in [6, 6.07) is 0. The van der Waals surface area contributed by atoms with Gasteiger partial charge in [0, 0.05) is 13.1 Å². The Hall–Kier alpha value is -0.610. The first kappa shape index (κ1) is 15.4. The van der Waals surface area contributed by atoms with Gasteiger partial charge in [-0.3, -0.25) is 4.79 Å². The number of carbonyl (C=O) groups excluding carboxylic acids is 1. The number of nitrogens with one attached hydrogen (secondary N) is 1. The molecule has 18 heavy (non-hydrogen) atoms. The number of hydrogen-bond donors (Lipinski definition) is 1. The summed E-state index contributed by atoms with van der Waals surface area (Å²) in [6.07, 6.45) is 3.41. The van der Waals surface area contributed by atoms with Crippen molar-refractivity contribution in [2.24, 2.45) is 5.92 Å². The van der Waals surface area contributed by atoms with E-state index < -0.39 is 0 Å². The fraction of sp³-hybridized carbons (Fsp3) is 0.929. The van der Waals surface area contributed by atoms with Crippen LogP contribution in [0.1, 0.15) is 40.0 Å². The molecule has 0 radical (unpaired) electrons. The predicted molar refractivity (Wildman–Crippen MR) is 73.6 cm³/mol. The van der Waals surface area contributed by atoms with Crippen LogP contribution >= 0.6 is 0 Å². The van der Waals surface area contributed by atoms with Gasteiger partial charge in [0.05, 0.1) is 6.10 Å². The van der Waals surface area contributed by atoms with E-state index >= 15 is 0 Å². The quantitative estimate of drug-likeness (QED) is 0.753. The highest BCUT2D eigenvalue weighted by Gasteiger charge is 2.18. The smallest absolute Gasteiger partial charge is 0.248 e. The van der Waals surface area contributed by atoms with Gasteiger partial charge in [0.1, 0.15) is 6.61 Å². The zero-order chi connectivity index (χ0) is 13.4. The van der Waals surface area contributed by atoms with Crippen LogP contribution in [-0.2, 0) is 9.53 Å². The second-order valence-corrected chi connectivity index (χ2v) is 5.21. The molecule has 0 bridgehead atoms. The molecule has 4 nitrogen and oxygen atoms in total. The molecule has 1 amide bonds. The maximum absolute atomic E-state index is 12.1. The van der Waals surface area contributed by atoms with E-state index in [9.17, 15) is 4.79 Å². The molecule has 1 heterocycles. The maximum Gasteiger partial charge on any atom is 0.248 e. The lowest BCUT2D eigenvalue weighted by molar-refractivity contribution is -0.139. The van der Waals surface area contributed by atoms with Crippen LogP contribution < -0.4 is 5.32 Å². The normalized spacial score (nSPS) is 18.6. The van der Waals surface area contributed by atoms with Crippen molar-refractivity contribution in [3.05, 3.63) is 0 Å². The fourth-order valence-corrected chi connectivity index (χ4v) is 2.16. The van der Waals surface area contributed by atoms with E-state index in [1.54, 1.807) is 0 Å². The van der Waals surface area contributed by atoms with Gasteiger partial charge in [-0.25, -0.2) is 0 Å². The van der Waals surface area contributed by atoms with Crippen molar-refractivity contribution < 1.29 is 9.53 Å². The third-order valence-electron chi connectivity index (χ3n) is 3.69. The Labute approximate surface area is 111 Å². The van der Waals surface area contributed by atoms with Crippen LogP contribution in [0.15, 0.2) is 0 Å². The summed E-state index contributed by atoms with van der Waals surface area (Å²) in [6.45, 7) is 10.3. The van der Waals surface area contributed by atoms with E-state index in [0.717, 1.165) is 45.4 Å². The van der Waals surface area contributed by atoms with Crippen molar-refractivity contribution in [2.45, 2.75) is 46.1 Å². The van der Waals surface area contributed by atoms with E-state index in [0.29, 0.717) is 5.92 Å². The lowest BCUT2D eigenvalue weighted by Crippen LogP contribution is -2.39. The van der Waals surface area contributed by atoms with Crippen LogP contribution in [0.4, 0.5) is 0 Å². The van der Waals surface area contributed by atoms with Crippen LogP contribution in [0, 0.1) is 5.92 Å². The lowest BCUT2D eigenvalue weighted by atomic mass is 10.1. The highest BCUT2D eigenvalue weighted by atomic mass is 16.5. The molecule has 1 rings (SSSR count). The standard InChI is InChI=1S/C14H28N2O2/c1-4-12(3)10-16(5-2)14(17)11-18-13-6-8-15-9-7-13/h12-13,15H,4-11H2,1-3H3. The van der Waals surface area contributed by atoms with E-state index in [4.69, 9.17) is 4.74 Å². The SMILES string of the molecule is CCC(C)CN(CC)C(=O)COC1CCNCC1. The Bertz CT molecular complexity index is 240. The predicted octanol–water partition coefficient (Wildman–Crippen LogP) is 1.65. The second-order valence-electron chi connectivity index (χ2n) is 5.21. The van der Waals surface area contributed by atoms with Gasteiger partial charge >= 0.3 is 0 Å². The molecule has 1 fully saturated rings. The van der Waals surface area contributed by atoms with Gasteiger partial charge in [-0.2, -0.15) is 0 Å². The number of carbonyl (C=O) groups is 1. The topological polar surface area (TPSA) is 41.6 Å². The first-order valence-electron chi connectivity index (χ1n) is 7.27. The average molecular weight is 256 g/mol. The summed E-state index contributed by atoms with van der Waals surface area (Å²) >= 11 is 0. The molecule has 0 aromatic carbocycles. The molecular weight excluding hydrogens is 228 g/mol. The van der Waals surface area contributed by atoms with Crippen molar-refractivity contribution in [1.82, 2.24) is 10.2 Å². The molecule has 1 atom stereocenters. The van der Waals surface area contributed by atoms with Crippen LogP contribution in [-0.4, -0.2) is 49.7 Å². The third kappa shape index (κ3) is 5.36. The average Bonchev–Trinajstić information content (AvgIpc) is 2.42. The number of likely N-dealkylation sites (N-methyl/N-ethyl adjacent to an activating group) is 1. The molecule has 1 N–H and O–H groups in total. The minimum atomic E-state index is 0.135. The maximum atomic E-state index is 12.1. The molecule has 0 saturated carbocycles. The van der Waals surface area contributed by atoms with Gasteiger partial charge in [-0.15, -0.1) is 0 Å². The molecule has 1 aliphatic heterocycles. The van der Waals surface area contributed by atoms with E-state index in [-0.39, 0.29) is 18.6 Å². The van der Waals surface area contributed by atoms with Crippen LogP contribution in [0.25, 0.3) is 0 Å². The van der Waals surface area contributed by atoms with Gasteiger partial charge < -0.3 is 15.0 Å². The first-order chi connectivity index (χ1) is 8.67. The van der Waals surface area contributed by atoms with Crippen LogP contribution in [0.5, 0.6) is 0 Å². The van der Waals surface area contributed by atoms with Crippen LogP contribution in [0.2, 0.25) is 0 Å². The largest absolute Gasteiger partial charge is 0.368 e. The molecular formula is C14H28N2O2. The Morgan fingerprint density at radius 2 is 2.06 bits per heavy atom. The molecule has 0 aromatic rings. The second kappa shape index (κ2) is 8.48. The van der Waals surface area contributed by atoms with Crippen molar-refractivity contribution >= 4 is 5.91 Å². The molecule has 0 aliphatic carbocycles. The monoisotopic (exact) mass is 256 g/mol. The van der Waals surface area contributed by atoms with Crippen molar-refractivity contribution in [1.29, 1.82) is 0 Å². The highest BCUT2D eigenvalue weighted by molar-refractivity contribution is 5.77. The Balaban J connectivity index is 2.27. The van der Waals surface area contributed by atoms with Crippen molar-refractivity contribution in [3.63, 3.8) is 0 Å². The zero-order valence-corrected chi connectivity index (χ0v) is 12.1. The summed E-state index contributed by atoms with van der Waals surface area (Å²) in [7, 11) is 0. The minimum absolute atomic E-state index is 0.135. The third-order valence-corrected chi connectivity index (χ3v) is 3.69. The first-order valence-corrected chi connectivity index (χ1v) is 7.27. The number of nitrogens with zero attached hydrogens (tertiary/aromatic N) is 1. The summed E-state index contributed by atoms with van der Waals surface area (Å²) in [4.78, 5) is 14.0. The van der Waals surface area contributed by atoms with Crippen molar-refractivity contribution in [2.75, 3.05) is 32.8 Å². The molecule has 0 spiro atoms. The number of amides is 1. The van der Waals surface area contributed by atoms with E-state index in [1.807, 2.05) is 11.8 Å². The molecule has 1 unspecified atom stereocenters. The van der Waals surface area contributed by atoms with Crippen LogP contribution in [0.3, 0.4) is 0 Å². The number of ether oxygens (including phenoxy) is 1. The number of hydrogen-bond acceptors (Lipinski definition) is 3. The number of piperidine rings is 1. The Morgan fingerprint density at radius 3 is 2.61 bits per heavy atom. The van der Waals surface area contributed by atoms with E-state index in [2.05, 4.69) is 19.2 Å². The van der Waals surface area contributed by atoms with Gasteiger partial charge in [0.25, 0.3) is 0 Å². The number of rotatable bonds is 7. The molecule has 1 saturated heterocycles. The van der Waals surface area contributed by atoms with Gasteiger partial charge in [-0.1, -0.05) is 20.3 Å².